The molecule has 128 valence electrons. The van der Waals surface area contributed by atoms with Crippen LogP contribution in [0.2, 0.25) is 0 Å². The first-order valence-electron chi connectivity index (χ1n) is 8.32. The van der Waals surface area contributed by atoms with Gasteiger partial charge in [-0.2, -0.15) is 0 Å². The highest BCUT2D eigenvalue weighted by molar-refractivity contribution is 8.02. The van der Waals surface area contributed by atoms with E-state index in [4.69, 9.17) is 0 Å². The molecule has 0 fully saturated rings. The van der Waals surface area contributed by atoms with Gasteiger partial charge in [0.05, 0.1) is 5.25 Å². The van der Waals surface area contributed by atoms with E-state index in [2.05, 4.69) is 28.5 Å². The van der Waals surface area contributed by atoms with Gasteiger partial charge >= 0.3 is 0 Å². The van der Waals surface area contributed by atoms with Crippen LogP contribution in [-0.4, -0.2) is 34.4 Å². The van der Waals surface area contributed by atoms with Crippen LogP contribution in [0, 0.1) is 0 Å². The summed E-state index contributed by atoms with van der Waals surface area (Å²) in [5, 5.41) is 12.2. The molecule has 1 N–H and O–H groups in total. The van der Waals surface area contributed by atoms with E-state index in [0.29, 0.717) is 0 Å². The lowest BCUT2D eigenvalue weighted by molar-refractivity contribution is -0.117. The minimum atomic E-state index is -0.178. The highest BCUT2D eigenvalue weighted by atomic mass is 32.2. The molecule has 1 aromatic heterocycles. The first kappa shape index (κ1) is 17.2. The monoisotopic (exact) mass is 362 g/mol. The van der Waals surface area contributed by atoms with Crippen LogP contribution in [0.5, 0.6) is 0 Å². The van der Waals surface area contributed by atoms with Crippen LogP contribution in [0.25, 0.3) is 0 Å². The normalized spacial score (nSPS) is 15.0. The Balaban J connectivity index is 1.66. The molecule has 2 aromatic rings. The van der Waals surface area contributed by atoms with Gasteiger partial charge < -0.3 is 10.2 Å². The summed E-state index contributed by atoms with van der Waals surface area (Å²) in [6.45, 7) is 5.74. The smallest absolute Gasteiger partial charge is 0.240 e. The number of amides is 1. The fraction of sp³-hybridized carbons (Fsp3) is 0.471. The van der Waals surface area contributed by atoms with Crippen LogP contribution in [0.1, 0.15) is 32.3 Å². The molecule has 1 aliphatic heterocycles. The average Bonchev–Trinajstić information content (AvgIpc) is 3.06. The largest absolute Gasteiger partial charge is 0.360 e. The number of benzene rings is 1. The summed E-state index contributed by atoms with van der Waals surface area (Å²) in [6, 6.07) is 8.19. The van der Waals surface area contributed by atoms with E-state index in [1.54, 1.807) is 0 Å². The standard InChI is InChI=1S/C17H22N4OS2/c1-3-10-18-16-19-20-17(24-16)23-12(2)15(22)21-11-6-8-13-7-4-5-9-14(13)21/h4-5,7,9,12H,3,6,8,10-11H2,1-2H3,(H,18,19). The van der Waals surface area contributed by atoms with E-state index < -0.39 is 0 Å². The summed E-state index contributed by atoms with van der Waals surface area (Å²) < 4.78 is 0.833. The molecule has 1 amide bonds. The van der Waals surface area contributed by atoms with Crippen LogP contribution in [0.3, 0.4) is 0 Å². The van der Waals surface area contributed by atoms with Gasteiger partial charge in [-0.25, -0.2) is 0 Å². The summed E-state index contributed by atoms with van der Waals surface area (Å²) >= 11 is 3.00. The molecule has 1 unspecified atom stereocenters. The van der Waals surface area contributed by atoms with Crippen molar-refractivity contribution in [3.63, 3.8) is 0 Å². The molecule has 0 aliphatic carbocycles. The molecule has 5 nitrogen and oxygen atoms in total. The highest BCUT2D eigenvalue weighted by Gasteiger charge is 2.27. The third-order valence-corrected chi connectivity index (χ3v) is 5.99. The van der Waals surface area contributed by atoms with Crippen molar-refractivity contribution < 1.29 is 4.79 Å². The van der Waals surface area contributed by atoms with Gasteiger partial charge in [-0.05, 0) is 37.8 Å². The average molecular weight is 363 g/mol. The summed E-state index contributed by atoms with van der Waals surface area (Å²) in [5.41, 5.74) is 2.32. The molecule has 1 aliphatic rings. The van der Waals surface area contributed by atoms with Gasteiger partial charge in [0, 0.05) is 18.8 Å². The Morgan fingerprint density at radius 3 is 3.08 bits per heavy atom. The third-order valence-electron chi connectivity index (χ3n) is 3.93. The molecular weight excluding hydrogens is 340 g/mol. The molecule has 7 heteroatoms. The molecule has 1 atom stereocenters. The topological polar surface area (TPSA) is 58.1 Å². The van der Waals surface area contributed by atoms with Crippen LogP contribution < -0.4 is 10.2 Å². The maximum atomic E-state index is 12.9. The zero-order valence-corrected chi connectivity index (χ0v) is 15.6. The Hall–Kier alpha value is -1.60. The quantitative estimate of drug-likeness (QED) is 0.792. The van der Waals surface area contributed by atoms with E-state index in [9.17, 15) is 4.79 Å². The predicted octanol–water partition coefficient (Wildman–Crippen LogP) is 3.82. The van der Waals surface area contributed by atoms with Crippen LogP contribution in [0.4, 0.5) is 10.8 Å². The lowest BCUT2D eigenvalue weighted by atomic mass is 10.0. The summed E-state index contributed by atoms with van der Waals surface area (Å²) in [4.78, 5) is 14.8. The first-order valence-corrected chi connectivity index (χ1v) is 10.0. The van der Waals surface area contributed by atoms with Gasteiger partial charge in [-0.3, -0.25) is 4.79 Å². The number of aromatic nitrogens is 2. The Morgan fingerprint density at radius 2 is 2.25 bits per heavy atom. The van der Waals surface area contributed by atoms with Crippen molar-refractivity contribution in [2.24, 2.45) is 0 Å². The van der Waals surface area contributed by atoms with Crippen LogP contribution in [0.15, 0.2) is 28.6 Å². The van der Waals surface area contributed by atoms with E-state index in [0.717, 1.165) is 47.5 Å². The Bertz CT molecular complexity index is 703. The summed E-state index contributed by atoms with van der Waals surface area (Å²) in [5.74, 6) is 0.144. The van der Waals surface area contributed by atoms with E-state index in [1.807, 2.05) is 30.0 Å². The van der Waals surface area contributed by atoms with Crippen molar-refractivity contribution in [2.45, 2.75) is 42.7 Å². The van der Waals surface area contributed by atoms with E-state index >= 15 is 0 Å². The van der Waals surface area contributed by atoms with Gasteiger partial charge in [0.15, 0.2) is 4.34 Å². The maximum absolute atomic E-state index is 12.9. The Kier molecular flexibility index (Phi) is 5.73. The molecular formula is C17H22N4OS2. The fourth-order valence-corrected chi connectivity index (χ4v) is 4.73. The number of fused-ring (bicyclic) bond motifs is 1. The van der Waals surface area contributed by atoms with Crippen LogP contribution >= 0.6 is 23.1 Å². The molecule has 24 heavy (non-hydrogen) atoms. The molecule has 2 heterocycles. The molecule has 0 radical (unpaired) electrons. The van der Waals surface area contributed by atoms with Gasteiger partial charge in [0.1, 0.15) is 0 Å². The number of anilines is 2. The van der Waals surface area contributed by atoms with Crippen molar-refractivity contribution in [1.82, 2.24) is 10.2 Å². The van der Waals surface area contributed by atoms with Crippen molar-refractivity contribution in [3.8, 4) is 0 Å². The zero-order chi connectivity index (χ0) is 16.9. The number of carbonyl (C=O) groups excluding carboxylic acids is 1. The number of nitrogens with one attached hydrogen (secondary N) is 1. The number of aryl methyl sites for hydroxylation is 1. The predicted molar refractivity (Wildman–Crippen MR) is 101 cm³/mol. The Labute approximate surface area is 150 Å². The summed E-state index contributed by atoms with van der Waals surface area (Å²) in [7, 11) is 0. The van der Waals surface area contributed by atoms with Gasteiger partial charge in [-0.1, -0.05) is 48.2 Å². The number of hydrogen-bond acceptors (Lipinski definition) is 6. The van der Waals surface area contributed by atoms with E-state index in [1.165, 1.54) is 28.7 Å². The minimum Gasteiger partial charge on any atom is -0.360 e. The lowest BCUT2D eigenvalue weighted by Crippen LogP contribution is -2.40. The van der Waals surface area contributed by atoms with Gasteiger partial charge in [-0.15, -0.1) is 10.2 Å². The van der Waals surface area contributed by atoms with E-state index in [-0.39, 0.29) is 11.2 Å². The second kappa shape index (κ2) is 7.98. The second-order valence-electron chi connectivity index (χ2n) is 5.78. The van der Waals surface area contributed by atoms with Crippen molar-refractivity contribution >= 4 is 39.8 Å². The number of thioether (sulfide) groups is 1. The van der Waals surface area contributed by atoms with Gasteiger partial charge in [0.2, 0.25) is 11.0 Å². The maximum Gasteiger partial charge on any atom is 0.240 e. The van der Waals surface area contributed by atoms with Crippen molar-refractivity contribution in [1.29, 1.82) is 0 Å². The number of carbonyl (C=O) groups is 1. The third kappa shape index (κ3) is 3.89. The molecule has 0 bridgehead atoms. The first-order chi connectivity index (χ1) is 11.7. The highest BCUT2D eigenvalue weighted by Crippen LogP contribution is 2.33. The Morgan fingerprint density at radius 1 is 1.42 bits per heavy atom. The number of para-hydroxylation sites is 1. The van der Waals surface area contributed by atoms with Crippen molar-refractivity contribution in [3.05, 3.63) is 29.8 Å². The second-order valence-corrected chi connectivity index (χ2v) is 8.35. The van der Waals surface area contributed by atoms with Gasteiger partial charge in [0.25, 0.3) is 0 Å². The summed E-state index contributed by atoms with van der Waals surface area (Å²) in [6.07, 6.45) is 3.11. The van der Waals surface area contributed by atoms with Crippen molar-refractivity contribution in [2.75, 3.05) is 23.3 Å². The lowest BCUT2D eigenvalue weighted by Gasteiger charge is -2.31. The molecule has 1 aromatic carbocycles. The number of rotatable bonds is 6. The fourth-order valence-electron chi connectivity index (χ4n) is 2.74. The number of hydrogen-bond donors (Lipinski definition) is 1. The SMILES string of the molecule is CCCNc1nnc(SC(C)C(=O)N2CCCc3ccccc32)s1. The molecule has 0 saturated carbocycles. The minimum absolute atomic E-state index is 0.144. The number of nitrogens with zero attached hydrogens (tertiary/aromatic N) is 3. The zero-order valence-electron chi connectivity index (χ0n) is 14.0. The molecule has 3 rings (SSSR count). The molecule has 0 spiro atoms. The van der Waals surface area contributed by atoms with Crippen LogP contribution in [-0.2, 0) is 11.2 Å². The molecule has 0 saturated heterocycles.